The van der Waals surface area contributed by atoms with E-state index in [0.29, 0.717) is 12.5 Å². The van der Waals surface area contributed by atoms with Crippen molar-refractivity contribution in [3.05, 3.63) is 35.4 Å². The molecule has 0 aliphatic heterocycles. The number of nitrogens with two attached hydrogens (primary N) is 1. The summed E-state index contributed by atoms with van der Waals surface area (Å²) in [6, 6.07) is 8.29. The molecule has 0 heterocycles. The summed E-state index contributed by atoms with van der Waals surface area (Å²) in [6.45, 7) is 7.87. The SMILES string of the molecule is CCN(Cc1ccccc1CN)CC(C)CO. The minimum atomic E-state index is 0.245. The summed E-state index contributed by atoms with van der Waals surface area (Å²) in [6.07, 6.45) is 0. The van der Waals surface area contributed by atoms with Crippen molar-refractivity contribution in [2.45, 2.75) is 26.9 Å². The van der Waals surface area contributed by atoms with Gasteiger partial charge in [-0.15, -0.1) is 0 Å². The average molecular weight is 236 g/mol. The molecule has 0 aliphatic rings. The number of benzene rings is 1. The minimum Gasteiger partial charge on any atom is -0.396 e. The first kappa shape index (κ1) is 14.2. The van der Waals surface area contributed by atoms with Crippen LogP contribution in [-0.2, 0) is 13.1 Å². The molecule has 0 bridgehead atoms. The number of aliphatic hydroxyl groups excluding tert-OH is 1. The van der Waals surface area contributed by atoms with Crippen molar-refractivity contribution in [3.8, 4) is 0 Å². The Bertz CT molecular complexity index is 328. The molecular weight excluding hydrogens is 212 g/mol. The van der Waals surface area contributed by atoms with Crippen molar-refractivity contribution in [1.82, 2.24) is 4.90 Å². The number of hydrogen-bond acceptors (Lipinski definition) is 3. The number of hydrogen-bond donors (Lipinski definition) is 2. The highest BCUT2D eigenvalue weighted by Gasteiger charge is 2.10. The van der Waals surface area contributed by atoms with E-state index in [1.54, 1.807) is 0 Å². The third kappa shape index (κ3) is 4.46. The molecule has 0 radical (unpaired) electrons. The predicted molar refractivity (Wildman–Crippen MR) is 71.5 cm³/mol. The molecule has 1 aromatic carbocycles. The van der Waals surface area contributed by atoms with Crippen molar-refractivity contribution in [1.29, 1.82) is 0 Å². The zero-order valence-electron chi connectivity index (χ0n) is 10.9. The lowest BCUT2D eigenvalue weighted by Crippen LogP contribution is -2.29. The van der Waals surface area contributed by atoms with Crippen LogP contribution in [-0.4, -0.2) is 29.7 Å². The normalized spacial score (nSPS) is 13.0. The lowest BCUT2D eigenvalue weighted by Gasteiger charge is -2.24. The highest BCUT2D eigenvalue weighted by molar-refractivity contribution is 5.26. The molecule has 17 heavy (non-hydrogen) atoms. The molecule has 0 spiro atoms. The summed E-state index contributed by atoms with van der Waals surface area (Å²) in [7, 11) is 0. The molecule has 3 heteroatoms. The zero-order valence-corrected chi connectivity index (χ0v) is 10.9. The van der Waals surface area contributed by atoms with Crippen molar-refractivity contribution >= 4 is 0 Å². The minimum absolute atomic E-state index is 0.245. The molecule has 3 N–H and O–H groups in total. The van der Waals surface area contributed by atoms with E-state index < -0.39 is 0 Å². The van der Waals surface area contributed by atoms with E-state index >= 15 is 0 Å². The van der Waals surface area contributed by atoms with Crippen LogP contribution < -0.4 is 5.73 Å². The van der Waals surface area contributed by atoms with E-state index in [9.17, 15) is 0 Å². The highest BCUT2D eigenvalue weighted by Crippen LogP contribution is 2.12. The van der Waals surface area contributed by atoms with Crippen LogP contribution in [0.5, 0.6) is 0 Å². The Morgan fingerprint density at radius 2 is 1.94 bits per heavy atom. The maximum atomic E-state index is 9.10. The Labute approximate surface area is 104 Å². The van der Waals surface area contributed by atoms with Gasteiger partial charge in [-0.3, -0.25) is 4.90 Å². The van der Waals surface area contributed by atoms with E-state index in [4.69, 9.17) is 10.8 Å². The quantitative estimate of drug-likeness (QED) is 0.756. The first-order chi connectivity index (χ1) is 8.21. The summed E-state index contributed by atoms with van der Waals surface area (Å²) in [4.78, 5) is 2.34. The Morgan fingerprint density at radius 1 is 1.29 bits per heavy atom. The Morgan fingerprint density at radius 3 is 2.47 bits per heavy atom. The van der Waals surface area contributed by atoms with E-state index in [2.05, 4.69) is 36.9 Å². The fraction of sp³-hybridized carbons (Fsp3) is 0.571. The second-order valence-electron chi connectivity index (χ2n) is 4.59. The molecule has 0 amide bonds. The molecule has 1 atom stereocenters. The summed E-state index contributed by atoms with van der Waals surface area (Å²) < 4.78 is 0. The maximum absolute atomic E-state index is 9.10. The first-order valence-corrected chi connectivity index (χ1v) is 6.31. The first-order valence-electron chi connectivity index (χ1n) is 6.31. The van der Waals surface area contributed by atoms with Crippen LogP contribution >= 0.6 is 0 Å². The second kappa shape index (κ2) is 7.43. The van der Waals surface area contributed by atoms with Gasteiger partial charge in [0.1, 0.15) is 0 Å². The fourth-order valence-electron chi connectivity index (χ4n) is 1.96. The summed E-state index contributed by atoms with van der Waals surface area (Å²) in [5, 5.41) is 9.10. The monoisotopic (exact) mass is 236 g/mol. The predicted octanol–water partition coefficient (Wildman–Crippen LogP) is 1.60. The van der Waals surface area contributed by atoms with E-state index in [0.717, 1.165) is 19.6 Å². The van der Waals surface area contributed by atoms with Crippen LogP contribution in [0.3, 0.4) is 0 Å². The average Bonchev–Trinajstić information content (AvgIpc) is 2.38. The standard InChI is InChI=1S/C14H24N2O/c1-3-16(9-12(2)11-17)10-14-7-5-4-6-13(14)8-15/h4-7,12,17H,3,8-11,15H2,1-2H3. The van der Waals surface area contributed by atoms with Gasteiger partial charge in [-0.25, -0.2) is 0 Å². The van der Waals surface area contributed by atoms with Gasteiger partial charge in [0.2, 0.25) is 0 Å². The van der Waals surface area contributed by atoms with Crippen molar-refractivity contribution in [2.75, 3.05) is 19.7 Å². The second-order valence-corrected chi connectivity index (χ2v) is 4.59. The van der Waals surface area contributed by atoms with Gasteiger partial charge in [-0.05, 0) is 23.6 Å². The van der Waals surface area contributed by atoms with Gasteiger partial charge in [0.05, 0.1) is 0 Å². The highest BCUT2D eigenvalue weighted by atomic mass is 16.3. The number of aliphatic hydroxyl groups is 1. The molecule has 0 saturated carbocycles. The van der Waals surface area contributed by atoms with E-state index in [-0.39, 0.29) is 6.61 Å². The third-order valence-electron chi connectivity index (χ3n) is 3.06. The topological polar surface area (TPSA) is 49.5 Å². The van der Waals surface area contributed by atoms with Crippen molar-refractivity contribution in [3.63, 3.8) is 0 Å². The Hall–Kier alpha value is -0.900. The molecule has 0 aromatic heterocycles. The van der Waals surface area contributed by atoms with E-state index in [1.807, 2.05) is 6.07 Å². The van der Waals surface area contributed by atoms with Crippen molar-refractivity contribution < 1.29 is 5.11 Å². The van der Waals surface area contributed by atoms with Gasteiger partial charge in [0.25, 0.3) is 0 Å². The van der Waals surface area contributed by atoms with Crippen LogP contribution in [0.25, 0.3) is 0 Å². The van der Waals surface area contributed by atoms with Crippen LogP contribution in [0, 0.1) is 5.92 Å². The smallest absolute Gasteiger partial charge is 0.0468 e. The number of rotatable bonds is 7. The van der Waals surface area contributed by atoms with E-state index in [1.165, 1.54) is 11.1 Å². The molecule has 1 unspecified atom stereocenters. The van der Waals surface area contributed by atoms with Gasteiger partial charge in [0.15, 0.2) is 0 Å². The molecule has 1 rings (SSSR count). The van der Waals surface area contributed by atoms with Gasteiger partial charge < -0.3 is 10.8 Å². The Balaban J connectivity index is 2.66. The summed E-state index contributed by atoms with van der Waals surface area (Å²) in [5.74, 6) is 0.319. The van der Waals surface area contributed by atoms with Gasteiger partial charge >= 0.3 is 0 Å². The summed E-state index contributed by atoms with van der Waals surface area (Å²) >= 11 is 0. The maximum Gasteiger partial charge on any atom is 0.0468 e. The van der Waals surface area contributed by atoms with Gasteiger partial charge in [0, 0.05) is 26.2 Å². The van der Waals surface area contributed by atoms with Crippen LogP contribution in [0.15, 0.2) is 24.3 Å². The molecule has 1 aromatic rings. The molecule has 3 nitrogen and oxygen atoms in total. The fourth-order valence-corrected chi connectivity index (χ4v) is 1.96. The van der Waals surface area contributed by atoms with Gasteiger partial charge in [-0.1, -0.05) is 38.1 Å². The van der Waals surface area contributed by atoms with Gasteiger partial charge in [-0.2, -0.15) is 0 Å². The molecule has 96 valence electrons. The number of nitrogens with zero attached hydrogens (tertiary/aromatic N) is 1. The molecular formula is C14H24N2O. The third-order valence-corrected chi connectivity index (χ3v) is 3.06. The lowest BCUT2D eigenvalue weighted by atomic mass is 10.1. The zero-order chi connectivity index (χ0) is 12.7. The largest absolute Gasteiger partial charge is 0.396 e. The summed E-state index contributed by atoms with van der Waals surface area (Å²) in [5.41, 5.74) is 8.24. The Kier molecular flexibility index (Phi) is 6.19. The van der Waals surface area contributed by atoms with Crippen LogP contribution in [0.2, 0.25) is 0 Å². The van der Waals surface area contributed by atoms with Crippen LogP contribution in [0.4, 0.5) is 0 Å². The molecule has 0 aliphatic carbocycles. The molecule has 0 fully saturated rings. The molecule has 0 saturated heterocycles. The van der Waals surface area contributed by atoms with Crippen molar-refractivity contribution in [2.24, 2.45) is 11.7 Å². The lowest BCUT2D eigenvalue weighted by molar-refractivity contribution is 0.173. The van der Waals surface area contributed by atoms with Crippen LogP contribution in [0.1, 0.15) is 25.0 Å².